The second kappa shape index (κ2) is 8.50. The van der Waals surface area contributed by atoms with Gasteiger partial charge in [0.15, 0.2) is 6.29 Å². The highest BCUT2D eigenvalue weighted by molar-refractivity contribution is 5.62. The Morgan fingerprint density at radius 2 is 2.00 bits per heavy atom. The molecule has 1 unspecified atom stereocenters. The van der Waals surface area contributed by atoms with Gasteiger partial charge in [0.1, 0.15) is 19.0 Å². The largest absolute Gasteiger partial charge is 0.482 e. The number of rotatable bonds is 6. The molecule has 7 heteroatoms. The van der Waals surface area contributed by atoms with Crippen molar-refractivity contribution in [3.05, 3.63) is 63.7 Å². The maximum absolute atomic E-state index is 13.2. The molecule has 0 N–H and O–H groups in total. The molecule has 0 saturated carbocycles. The third kappa shape index (κ3) is 4.05. The standard InChI is InChI=1S/C21H22O7/c1-14-19(24-13-15-7-3-2-4-8-15)18(22)21(27-17-9-5-6-11-23-17)20(26-14)16-10-12-25-28-16/h2-4,7-8,10,17H,5-6,9,11-13H2,1H3. The van der Waals surface area contributed by atoms with Gasteiger partial charge in [-0.15, -0.1) is 0 Å². The molecule has 3 heterocycles. The zero-order valence-electron chi connectivity index (χ0n) is 15.6. The van der Waals surface area contributed by atoms with Crippen LogP contribution in [0, 0.1) is 6.92 Å². The minimum atomic E-state index is -0.511. The molecule has 7 nitrogen and oxygen atoms in total. The van der Waals surface area contributed by atoms with Gasteiger partial charge >= 0.3 is 0 Å². The van der Waals surface area contributed by atoms with Crippen LogP contribution in [0.15, 0.2) is 45.6 Å². The third-order valence-corrected chi connectivity index (χ3v) is 4.52. The first-order chi connectivity index (χ1) is 13.7. The zero-order chi connectivity index (χ0) is 19.3. The van der Waals surface area contributed by atoms with E-state index in [1.807, 2.05) is 30.3 Å². The van der Waals surface area contributed by atoms with E-state index in [0.717, 1.165) is 18.4 Å². The van der Waals surface area contributed by atoms with Crippen molar-refractivity contribution >= 4 is 5.76 Å². The van der Waals surface area contributed by atoms with Crippen molar-refractivity contribution in [2.24, 2.45) is 0 Å². The lowest BCUT2D eigenvalue weighted by molar-refractivity contribution is -0.210. The fourth-order valence-electron chi connectivity index (χ4n) is 3.09. The zero-order valence-corrected chi connectivity index (χ0v) is 15.6. The van der Waals surface area contributed by atoms with Gasteiger partial charge in [0.25, 0.3) is 5.43 Å². The Morgan fingerprint density at radius 1 is 1.14 bits per heavy atom. The van der Waals surface area contributed by atoms with Crippen LogP contribution < -0.4 is 14.9 Å². The smallest absolute Gasteiger partial charge is 0.269 e. The number of ether oxygens (including phenoxy) is 3. The van der Waals surface area contributed by atoms with Crippen LogP contribution in [0.4, 0.5) is 0 Å². The summed E-state index contributed by atoms with van der Waals surface area (Å²) in [6.07, 6.45) is 3.81. The van der Waals surface area contributed by atoms with E-state index in [0.29, 0.717) is 24.5 Å². The van der Waals surface area contributed by atoms with E-state index in [4.69, 9.17) is 28.4 Å². The first-order valence-electron chi connectivity index (χ1n) is 9.35. The lowest BCUT2D eigenvalue weighted by atomic mass is 10.2. The molecule has 0 spiro atoms. The molecule has 2 aliphatic rings. The maximum Gasteiger partial charge on any atom is 0.269 e. The molecule has 1 aromatic heterocycles. The number of benzene rings is 1. The van der Waals surface area contributed by atoms with E-state index < -0.39 is 11.7 Å². The summed E-state index contributed by atoms with van der Waals surface area (Å²) in [5.41, 5.74) is 0.541. The van der Waals surface area contributed by atoms with Crippen LogP contribution in [0.2, 0.25) is 0 Å². The second-order valence-corrected chi connectivity index (χ2v) is 6.60. The van der Waals surface area contributed by atoms with E-state index in [1.54, 1.807) is 13.0 Å². The Bertz CT molecular complexity index is 895. The molecule has 148 valence electrons. The summed E-state index contributed by atoms with van der Waals surface area (Å²) in [5, 5.41) is 0. The normalized spacial score (nSPS) is 19.0. The highest BCUT2D eigenvalue weighted by Crippen LogP contribution is 2.33. The molecule has 2 aromatic rings. The lowest BCUT2D eigenvalue weighted by Crippen LogP contribution is -2.28. The van der Waals surface area contributed by atoms with Crippen molar-refractivity contribution in [3.63, 3.8) is 0 Å². The minimum Gasteiger partial charge on any atom is -0.482 e. The number of hydrogen-bond donors (Lipinski definition) is 0. The summed E-state index contributed by atoms with van der Waals surface area (Å²) in [5.74, 6) is 0.946. The van der Waals surface area contributed by atoms with Gasteiger partial charge < -0.3 is 23.5 Å². The molecule has 1 aromatic carbocycles. The summed E-state index contributed by atoms with van der Waals surface area (Å²) < 4.78 is 23.1. The van der Waals surface area contributed by atoms with Crippen molar-refractivity contribution in [2.45, 2.75) is 39.1 Å². The fraction of sp³-hybridized carbons (Fsp3) is 0.381. The van der Waals surface area contributed by atoms with Crippen molar-refractivity contribution in [2.75, 3.05) is 13.2 Å². The fourth-order valence-corrected chi connectivity index (χ4v) is 3.09. The maximum atomic E-state index is 13.2. The molecule has 2 aliphatic heterocycles. The van der Waals surface area contributed by atoms with Crippen LogP contribution in [0.3, 0.4) is 0 Å². The Labute approximate surface area is 162 Å². The van der Waals surface area contributed by atoms with E-state index in [9.17, 15) is 4.79 Å². The van der Waals surface area contributed by atoms with Crippen molar-refractivity contribution in [1.82, 2.24) is 0 Å². The predicted octanol–water partition coefficient (Wildman–Crippen LogP) is 3.74. The third-order valence-electron chi connectivity index (χ3n) is 4.52. The van der Waals surface area contributed by atoms with Crippen molar-refractivity contribution in [1.29, 1.82) is 0 Å². The van der Waals surface area contributed by atoms with Crippen LogP contribution in [0.5, 0.6) is 11.5 Å². The first kappa shape index (κ1) is 18.6. The van der Waals surface area contributed by atoms with Crippen LogP contribution in [0.25, 0.3) is 5.76 Å². The molecule has 1 fully saturated rings. The van der Waals surface area contributed by atoms with Gasteiger partial charge in [-0.25, -0.2) is 0 Å². The Hall–Kier alpha value is -2.77. The second-order valence-electron chi connectivity index (χ2n) is 6.60. The summed E-state index contributed by atoms with van der Waals surface area (Å²) in [6, 6.07) is 9.59. The SMILES string of the molecule is Cc1oc(C2=CCOO2)c(OC2CCCCO2)c(=O)c1OCc1ccccc1. The number of aryl methyl sites for hydroxylation is 1. The molecule has 4 rings (SSSR count). The van der Waals surface area contributed by atoms with Crippen LogP contribution in [-0.4, -0.2) is 19.5 Å². The lowest BCUT2D eigenvalue weighted by Gasteiger charge is -2.24. The summed E-state index contributed by atoms with van der Waals surface area (Å²) in [4.78, 5) is 23.2. The van der Waals surface area contributed by atoms with Crippen molar-refractivity contribution in [3.8, 4) is 11.5 Å². The van der Waals surface area contributed by atoms with Crippen LogP contribution in [0.1, 0.15) is 36.3 Å². The van der Waals surface area contributed by atoms with Gasteiger partial charge in [0, 0.05) is 6.42 Å². The predicted molar refractivity (Wildman–Crippen MR) is 99.7 cm³/mol. The Balaban J connectivity index is 1.66. The molecule has 0 amide bonds. The summed E-state index contributed by atoms with van der Waals surface area (Å²) in [7, 11) is 0. The van der Waals surface area contributed by atoms with Crippen molar-refractivity contribution < 1.29 is 28.4 Å². The van der Waals surface area contributed by atoms with Gasteiger partial charge in [-0.05, 0) is 31.4 Å². The summed E-state index contributed by atoms with van der Waals surface area (Å²) >= 11 is 0. The van der Waals surface area contributed by atoms with Crippen LogP contribution >= 0.6 is 0 Å². The average Bonchev–Trinajstić information content (AvgIpc) is 3.26. The van der Waals surface area contributed by atoms with Crippen LogP contribution in [-0.2, 0) is 21.1 Å². The quantitative estimate of drug-likeness (QED) is 0.700. The highest BCUT2D eigenvalue weighted by Gasteiger charge is 2.29. The topological polar surface area (TPSA) is 76.4 Å². The highest BCUT2D eigenvalue weighted by atomic mass is 17.2. The molecule has 0 bridgehead atoms. The number of hydrogen-bond acceptors (Lipinski definition) is 7. The van der Waals surface area contributed by atoms with E-state index >= 15 is 0 Å². The van der Waals surface area contributed by atoms with Gasteiger partial charge in [-0.3, -0.25) is 4.79 Å². The molecule has 1 atom stereocenters. The molecule has 0 aliphatic carbocycles. The minimum absolute atomic E-state index is 0.0114. The monoisotopic (exact) mass is 386 g/mol. The Morgan fingerprint density at radius 3 is 2.71 bits per heavy atom. The van der Waals surface area contributed by atoms with E-state index in [2.05, 4.69) is 0 Å². The molecule has 0 radical (unpaired) electrons. The van der Waals surface area contributed by atoms with E-state index in [-0.39, 0.29) is 30.5 Å². The first-order valence-corrected chi connectivity index (χ1v) is 9.35. The van der Waals surface area contributed by atoms with E-state index in [1.165, 1.54) is 0 Å². The Kier molecular flexibility index (Phi) is 5.64. The van der Waals surface area contributed by atoms with Gasteiger partial charge in [0.2, 0.25) is 23.0 Å². The summed E-state index contributed by atoms with van der Waals surface area (Å²) in [6.45, 7) is 2.77. The van der Waals surface area contributed by atoms with Gasteiger partial charge in [-0.2, -0.15) is 4.89 Å². The van der Waals surface area contributed by atoms with Gasteiger partial charge in [-0.1, -0.05) is 30.3 Å². The molecular formula is C21H22O7. The van der Waals surface area contributed by atoms with Gasteiger partial charge in [0.05, 0.1) is 6.61 Å². The molecular weight excluding hydrogens is 364 g/mol. The molecule has 1 saturated heterocycles. The average molecular weight is 386 g/mol. The molecule has 28 heavy (non-hydrogen) atoms.